The lowest BCUT2D eigenvalue weighted by Crippen LogP contribution is -2.54. The number of anilines is 4. The first kappa shape index (κ1) is 18.9. The van der Waals surface area contributed by atoms with E-state index in [-0.39, 0.29) is 11.9 Å². The normalized spacial score (nSPS) is 21.2. The van der Waals surface area contributed by atoms with E-state index in [1.165, 1.54) is 12.8 Å². The van der Waals surface area contributed by atoms with Crippen LogP contribution in [0.4, 0.5) is 23.0 Å². The van der Waals surface area contributed by atoms with Gasteiger partial charge in [-0.05, 0) is 62.1 Å². The third-order valence-electron chi connectivity index (χ3n) is 6.77. The zero-order chi connectivity index (χ0) is 21.0. The van der Waals surface area contributed by atoms with Crippen molar-refractivity contribution in [3.63, 3.8) is 0 Å². The molecule has 1 amide bonds. The SMILES string of the molecule is CC1C(=O)N(C)c2ccc(N3CCc4cc(C(=O)O)ccc43)nc2N1C1CCCC1. The highest BCUT2D eigenvalue weighted by molar-refractivity contribution is 6.04. The van der Waals surface area contributed by atoms with E-state index in [0.29, 0.717) is 11.6 Å². The Kier molecular flexibility index (Phi) is 4.41. The van der Waals surface area contributed by atoms with Crippen LogP contribution in [0.5, 0.6) is 0 Å². The summed E-state index contributed by atoms with van der Waals surface area (Å²) < 4.78 is 0. The van der Waals surface area contributed by atoms with Gasteiger partial charge in [0.05, 0.1) is 11.3 Å². The Bertz CT molecular complexity index is 1030. The number of amides is 1. The summed E-state index contributed by atoms with van der Waals surface area (Å²) in [6, 6.07) is 9.37. The molecule has 5 rings (SSSR count). The van der Waals surface area contributed by atoms with Crippen molar-refractivity contribution in [1.82, 2.24) is 4.98 Å². The highest BCUT2D eigenvalue weighted by Crippen LogP contribution is 2.42. The summed E-state index contributed by atoms with van der Waals surface area (Å²) in [5.41, 5.74) is 3.21. The van der Waals surface area contributed by atoms with Crippen molar-refractivity contribution >= 4 is 34.9 Å². The summed E-state index contributed by atoms with van der Waals surface area (Å²) in [4.78, 5) is 35.3. The van der Waals surface area contributed by atoms with Crippen molar-refractivity contribution in [1.29, 1.82) is 0 Å². The molecule has 7 heteroatoms. The predicted molar refractivity (Wildman–Crippen MR) is 116 cm³/mol. The molecule has 1 fully saturated rings. The Balaban J connectivity index is 1.56. The summed E-state index contributed by atoms with van der Waals surface area (Å²) in [5.74, 6) is 0.923. The third-order valence-corrected chi connectivity index (χ3v) is 6.77. The molecule has 0 radical (unpaired) electrons. The highest BCUT2D eigenvalue weighted by Gasteiger charge is 2.39. The van der Waals surface area contributed by atoms with Gasteiger partial charge in [0.2, 0.25) is 5.91 Å². The second kappa shape index (κ2) is 7.00. The first-order valence-corrected chi connectivity index (χ1v) is 10.7. The van der Waals surface area contributed by atoms with Gasteiger partial charge in [-0.1, -0.05) is 12.8 Å². The zero-order valence-electron chi connectivity index (χ0n) is 17.3. The van der Waals surface area contributed by atoms with Crippen LogP contribution < -0.4 is 14.7 Å². The van der Waals surface area contributed by atoms with Crippen LogP contribution in [0.3, 0.4) is 0 Å². The number of hydrogen-bond acceptors (Lipinski definition) is 5. The first-order chi connectivity index (χ1) is 14.5. The molecule has 1 N–H and O–H groups in total. The Labute approximate surface area is 175 Å². The molecule has 1 atom stereocenters. The maximum atomic E-state index is 12.8. The van der Waals surface area contributed by atoms with E-state index in [1.807, 2.05) is 32.2 Å². The van der Waals surface area contributed by atoms with Gasteiger partial charge in [0.1, 0.15) is 11.9 Å². The number of aromatic carboxylic acids is 1. The molecule has 3 heterocycles. The minimum Gasteiger partial charge on any atom is -0.478 e. The van der Waals surface area contributed by atoms with Crippen LogP contribution in [0.2, 0.25) is 0 Å². The lowest BCUT2D eigenvalue weighted by molar-refractivity contribution is -0.119. The maximum Gasteiger partial charge on any atom is 0.335 e. The smallest absolute Gasteiger partial charge is 0.335 e. The Morgan fingerprint density at radius 2 is 1.87 bits per heavy atom. The van der Waals surface area contributed by atoms with Gasteiger partial charge in [-0.3, -0.25) is 4.79 Å². The second-order valence-corrected chi connectivity index (χ2v) is 8.48. The fourth-order valence-corrected chi connectivity index (χ4v) is 5.18. The van der Waals surface area contributed by atoms with E-state index >= 15 is 0 Å². The zero-order valence-corrected chi connectivity index (χ0v) is 17.3. The van der Waals surface area contributed by atoms with E-state index in [9.17, 15) is 14.7 Å². The predicted octanol–water partition coefficient (Wildman–Crippen LogP) is 3.59. The minimum atomic E-state index is -0.906. The summed E-state index contributed by atoms with van der Waals surface area (Å²) >= 11 is 0. The molecule has 1 aromatic carbocycles. The van der Waals surface area contributed by atoms with E-state index < -0.39 is 5.97 Å². The van der Waals surface area contributed by atoms with Crippen LogP contribution in [0.1, 0.15) is 48.5 Å². The van der Waals surface area contributed by atoms with Crippen LogP contribution in [0, 0.1) is 0 Å². The molecular formula is C23H26N4O3. The van der Waals surface area contributed by atoms with Gasteiger partial charge in [0, 0.05) is 25.3 Å². The molecule has 0 saturated heterocycles. The number of benzene rings is 1. The number of rotatable bonds is 3. The number of likely N-dealkylation sites (N-methyl/N-ethyl adjacent to an activating group) is 1. The molecule has 0 spiro atoms. The van der Waals surface area contributed by atoms with Crippen molar-refractivity contribution in [2.75, 3.05) is 28.3 Å². The molecule has 1 aliphatic carbocycles. The maximum absolute atomic E-state index is 12.8. The molecule has 30 heavy (non-hydrogen) atoms. The van der Waals surface area contributed by atoms with Crippen LogP contribution in [-0.2, 0) is 11.2 Å². The van der Waals surface area contributed by atoms with Gasteiger partial charge in [-0.2, -0.15) is 0 Å². The molecule has 1 unspecified atom stereocenters. The average molecular weight is 406 g/mol. The largest absolute Gasteiger partial charge is 0.478 e. The standard InChI is InChI=1S/C23H26N4O3/c1-14-22(28)25(2)19-9-10-20(24-21(19)27(14)17-5-3-4-6-17)26-12-11-15-13-16(23(29)30)7-8-18(15)26/h7-10,13-14,17H,3-6,11-12H2,1-2H3,(H,29,30). The third kappa shape index (κ3) is 2.83. The highest BCUT2D eigenvalue weighted by atomic mass is 16.4. The summed E-state index contributed by atoms with van der Waals surface area (Å²) in [6.07, 6.45) is 5.36. The van der Waals surface area contributed by atoms with Crippen LogP contribution in [0.25, 0.3) is 0 Å². The molecule has 1 aromatic heterocycles. The molecule has 1 saturated carbocycles. The molecule has 0 bridgehead atoms. The van der Waals surface area contributed by atoms with E-state index in [2.05, 4.69) is 9.80 Å². The summed E-state index contributed by atoms with van der Waals surface area (Å²) in [7, 11) is 1.82. The molecule has 2 aliphatic heterocycles. The number of hydrogen-bond donors (Lipinski definition) is 1. The van der Waals surface area contributed by atoms with Crippen molar-refractivity contribution in [2.45, 2.75) is 51.1 Å². The van der Waals surface area contributed by atoms with Crippen molar-refractivity contribution in [2.24, 2.45) is 0 Å². The number of aromatic nitrogens is 1. The van der Waals surface area contributed by atoms with E-state index in [0.717, 1.165) is 54.4 Å². The van der Waals surface area contributed by atoms with Crippen molar-refractivity contribution < 1.29 is 14.7 Å². The Morgan fingerprint density at radius 1 is 1.13 bits per heavy atom. The number of carbonyl (C=O) groups is 2. The lowest BCUT2D eigenvalue weighted by atomic mass is 10.1. The number of nitrogens with zero attached hydrogens (tertiary/aromatic N) is 4. The van der Waals surface area contributed by atoms with Gasteiger partial charge in [0.25, 0.3) is 0 Å². The molecule has 3 aliphatic rings. The van der Waals surface area contributed by atoms with Crippen molar-refractivity contribution in [3.05, 3.63) is 41.5 Å². The van der Waals surface area contributed by atoms with Gasteiger partial charge in [0.15, 0.2) is 5.82 Å². The quantitative estimate of drug-likeness (QED) is 0.840. The van der Waals surface area contributed by atoms with Gasteiger partial charge in [-0.15, -0.1) is 0 Å². The fraction of sp³-hybridized carbons (Fsp3) is 0.435. The molecule has 2 aromatic rings. The number of carboxylic acid groups (broad SMARTS) is 1. The van der Waals surface area contributed by atoms with E-state index in [1.54, 1.807) is 17.0 Å². The summed E-state index contributed by atoms with van der Waals surface area (Å²) in [6.45, 7) is 2.74. The van der Waals surface area contributed by atoms with Gasteiger partial charge in [-0.25, -0.2) is 9.78 Å². The average Bonchev–Trinajstić information content (AvgIpc) is 3.41. The Hall–Kier alpha value is -3.09. The first-order valence-electron chi connectivity index (χ1n) is 10.7. The summed E-state index contributed by atoms with van der Waals surface area (Å²) in [5, 5.41) is 9.27. The van der Waals surface area contributed by atoms with Gasteiger partial charge < -0.3 is 19.8 Å². The lowest BCUT2D eigenvalue weighted by Gasteiger charge is -2.43. The van der Waals surface area contributed by atoms with Crippen LogP contribution in [0.15, 0.2) is 30.3 Å². The molecular weight excluding hydrogens is 380 g/mol. The number of fused-ring (bicyclic) bond motifs is 2. The monoisotopic (exact) mass is 406 g/mol. The number of carbonyl (C=O) groups excluding carboxylic acids is 1. The minimum absolute atomic E-state index is 0.108. The van der Waals surface area contributed by atoms with Gasteiger partial charge >= 0.3 is 5.97 Å². The van der Waals surface area contributed by atoms with Crippen molar-refractivity contribution in [3.8, 4) is 0 Å². The number of pyridine rings is 1. The molecule has 7 nitrogen and oxygen atoms in total. The van der Waals surface area contributed by atoms with E-state index in [4.69, 9.17) is 4.98 Å². The van der Waals surface area contributed by atoms with Crippen LogP contribution >= 0.6 is 0 Å². The van der Waals surface area contributed by atoms with Crippen LogP contribution in [-0.4, -0.2) is 47.6 Å². The second-order valence-electron chi connectivity index (χ2n) is 8.48. The fourth-order valence-electron chi connectivity index (χ4n) is 5.18. The Morgan fingerprint density at radius 3 is 2.60 bits per heavy atom. The molecule has 156 valence electrons. The number of carboxylic acids is 1. The topological polar surface area (TPSA) is 77.0 Å².